The van der Waals surface area contributed by atoms with E-state index in [1.54, 1.807) is 15.3 Å². The largest absolute Gasteiger partial charge is 0.346 e. The highest BCUT2D eigenvalue weighted by molar-refractivity contribution is 7.59. The van der Waals surface area contributed by atoms with E-state index >= 15 is 0 Å². The smallest absolute Gasteiger partial charge is 0.278 e. The highest BCUT2D eigenvalue weighted by Gasteiger charge is 2.34. The van der Waals surface area contributed by atoms with Crippen molar-refractivity contribution in [1.29, 1.82) is 5.26 Å². The molecule has 0 bridgehead atoms. The number of nitriles is 1. The van der Waals surface area contributed by atoms with E-state index in [0.29, 0.717) is 65.1 Å². The Hall–Kier alpha value is -4.44. The standard InChI is InChI=1S/C21H21FN8O.C14H19FN4O.ClH.2H2S/c1-12(2)10-29-19(27-30-15(21(29)31)5-6-16(30)22)14-4-3-7-28(14)20-17-13(8-23)9-24-18(17)25-11-26-20;1-9(2)8-18-13(10-4-3-7-16-10)17-19-11(14(18)20)5-6-12(19)15;;;/h5-6,9,11-12,14H,3-4,7,10H2,1-2H3,(H,24,25,26);5-6,9-10,16H,3-4,7-8H2,1-2H3;1H;2*1H2/t14-;10-;;;/m00.../s1. The van der Waals surface area contributed by atoms with Gasteiger partial charge in [0.2, 0.25) is 11.9 Å². The molecular formula is C35H45ClF2N12O2S2. The summed E-state index contributed by atoms with van der Waals surface area (Å²) in [5.41, 5.74) is 1.11. The second kappa shape index (κ2) is 17.4. The summed E-state index contributed by atoms with van der Waals surface area (Å²) in [5.74, 6) is 1.23. The fourth-order valence-corrected chi connectivity index (χ4v) is 7.17. The van der Waals surface area contributed by atoms with Crippen LogP contribution in [0.25, 0.3) is 22.1 Å². The van der Waals surface area contributed by atoms with Crippen molar-refractivity contribution < 1.29 is 8.78 Å². The molecule has 54 heavy (non-hydrogen) atoms. The van der Waals surface area contributed by atoms with Crippen molar-refractivity contribution in [3.05, 3.63) is 86.6 Å². The Morgan fingerprint density at radius 1 is 0.870 bits per heavy atom. The third kappa shape index (κ3) is 7.72. The lowest BCUT2D eigenvalue weighted by Gasteiger charge is -2.28. The zero-order chi connectivity index (χ0) is 36.0. The number of halogens is 3. The third-order valence-corrected chi connectivity index (χ3v) is 9.37. The van der Waals surface area contributed by atoms with E-state index in [1.807, 2.05) is 18.7 Å². The molecule has 0 radical (unpaired) electrons. The lowest BCUT2D eigenvalue weighted by atomic mass is 10.1. The van der Waals surface area contributed by atoms with Crippen molar-refractivity contribution in [2.24, 2.45) is 11.8 Å². The van der Waals surface area contributed by atoms with Crippen molar-refractivity contribution >= 4 is 67.3 Å². The first-order chi connectivity index (χ1) is 24.6. The molecule has 2 aliphatic heterocycles. The van der Waals surface area contributed by atoms with E-state index in [-0.39, 0.29) is 74.0 Å². The molecule has 2 atom stereocenters. The number of nitrogens with zero attached hydrogens (tertiary/aromatic N) is 10. The zero-order valence-electron chi connectivity index (χ0n) is 30.4. The molecule has 0 unspecified atom stereocenters. The number of H-pyrrole nitrogens is 1. The van der Waals surface area contributed by atoms with Gasteiger partial charge in [0.25, 0.3) is 11.1 Å². The molecule has 0 amide bonds. The molecule has 0 spiro atoms. The van der Waals surface area contributed by atoms with Crippen molar-refractivity contribution in [2.75, 3.05) is 18.0 Å². The molecule has 8 rings (SSSR count). The Morgan fingerprint density at radius 3 is 2.02 bits per heavy atom. The molecule has 2 N–H and O–H groups in total. The normalized spacial score (nSPS) is 16.7. The number of rotatable bonds is 7. The molecule has 14 nitrogen and oxygen atoms in total. The minimum atomic E-state index is -0.573. The summed E-state index contributed by atoms with van der Waals surface area (Å²) < 4.78 is 33.6. The summed E-state index contributed by atoms with van der Waals surface area (Å²) >= 11 is 0. The van der Waals surface area contributed by atoms with Crippen LogP contribution in [0, 0.1) is 35.1 Å². The highest BCUT2D eigenvalue weighted by Crippen LogP contribution is 2.38. The maximum Gasteiger partial charge on any atom is 0.278 e. The molecule has 0 aromatic carbocycles. The molecule has 2 fully saturated rings. The second-order valence-corrected chi connectivity index (χ2v) is 14.0. The number of fused-ring (bicyclic) bond motifs is 3. The monoisotopic (exact) mass is 802 g/mol. The molecule has 2 saturated heterocycles. The summed E-state index contributed by atoms with van der Waals surface area (Å²) in [6, 6.07) is 7.44. The quantitative estimate of drug-likeness (QED) is 0.223. The molecule has 0 saturated carbocycles. The molecule has 290 valence electrons. The van der Waals surface area contributed by atoms with Gasteiger partial charge in [-0.15, -0.1) is 17.5 Å². The van der Waals surface area contributed by atoms with Gasteiger partial charge in [0.15, 0.2) is 5.82 Å². The van der Waals surface area contributed by atoms with Gasteiger partial charge in [0.05, 0.1) is 23.0 Å². The van der Waals surface area contributed by atoms with E-state index < -0.39 is 11.9 Å². The topological polar surface area (TPSA) is 159 Å². The average molecular weight is 803 g/mol. The van der Waals surface area contributed by atoms with Crippen LogP contribution in [0.2, 0.25) is 0 Å². The van der Waals surface area contributed by atoms with Gasteiger partial charge in [0, 0.05) is 25.8 Å². The summed E-state index contributed by atoms with van der Waals surface area (Å²) in [4.78, 5) is 39.5. The van der Waals surface area contributed by atoms with Gasteiger partial charge < -0.3 is 15.2 Å². The summed E-state index contributed by atoms with van der Waals surface area (Å²) in [6.07, 6.45) is 6.63. The molecule has 6 aromatic heterocycles. The minimum absolute atomic E-state index is 0. The van der Waals surface area contributed by atoms with Gasteiger partial charge in [0.1, 0.15) is 40.7 Å². The minimum Gasteiger partial charge on any atom is -0.346 e. The van der Waals surface area contributed by atoms with Crippen molar-refractivity contribution in [3.8, 4) is 6.07 Å². The lowest BCUT2D eigenvalue weighted by Crippen LogP contribution is -2.35. The first-order valence-corrected chi connectivity index (χ1v) is 17.4. The Bertz CT molecular complexity index is 2410. The maximum absolute atomic E-state index is 14.4. The van der Waals surface area contributed by atoms with Crippen LogP contribution in [0.15, 0.2) is 46.4 Å². The Morgan fingerprint density at radius 2 is 1.46 bits per heavy atom. The molecule has 2 aliphatic rings. The number of anilines is 1. The average Bonchev–Trinajstić information content (AvgIpc) is 3.95. The van der Waals surface area contributed by atoms with Gasteiger partial charge in [-0.25, -0.2) is 9.97 Å². The van der Waals surface area contributed by atoms with Gasteiger partial charge in [-0.05, 0) is 68.3 Å². The van der Waals surface area contributed by atoms with Gasteiger partial charge in [-0.1, -0.05) is 27.7 Å². The number of hydrogen-bond acceptors (Lipinski definition) is 9. The Balaban J connectivity index is 0.000000247. The summed E-state index contributed by atoms with van der Waals surface area (Å²) in [5, 5.41) is 22.4. The van der Waals surface area contributed by atoms with Crippen LogP contribution in [0.1, 0.15) is 82.7 Å². The Labute approximate surface area is 329 Å². The van der Waals surface area contributed by atoms with E-state index in [1.165, 1.54) is 30.6 Å². The predicted molar refractivity (Wildman–Crippen MR) is 214 cm³/mol. The van der Waals surface area contributed by atoms with Gasteiger partial charge >= 0.3 is 0 Å². The van der Waals surface area contributed by atoms with Crippen LogP contribution in [-0.4, -0.2) is 56.4 Å². The van der Waals surface area contributed by atoms with Crippen molar-refractivity contribution in [1.82, 2.24) is 48.6 Å². The molecule has 0 aliphatic carbocycles. The summed E-state index contributed by atoms with van der Waals surface area (Å²) in [6.45, 7) is 10.8. The van der Waals surface area contributed by atoms with Gasteiger partial charge in [-0.2, -0.15) is 55.2 Å². The number of hydrogen-bond donors (Lipinski definition) is 2. The van der Waals surface area contributed by atoms with Crippen LogP contribution in [0.4, 0.5) is 14.6 Å². The van der Waals surface area contributed by atoms with Crippen LogP contribution < -0.4 is 21.3 Å². The fourth-order valence-electron chi connectivity index (χ4n) is 7.17. The first-order valence-electron chi connectivity index (χ1n) is 17.4. The summed E-state index contributed by atoms with van der Waals surface area (Å²) in [7, 11) is 0. The highest BCUT2D eigenvalue weighted by atomic mass is 35.5. The lowest BCUT2D eigenvalue weighted by molar-refractivity contribution is 0.436. The predicted octanol–water partition coefficient (Wildman–Crippen LogP) is 5.14. The second-order valence-electron chi connectivity index (χ2n) is 14.0. The van der Waals surface area contributed by atoms with Crippen LogP contribution in [0.3, 0.4) is 0 Å². The van der Waals surface area contributed by atoms with E-state index in [0.717, 1.165) is 41.3 Å². The van der Waals surface area contributed by atoms with Crippen molar-refractivity contribution in [2.45, 2.75) is 78.6 Å². The van der Waals surface area contributed by atoms with Gasteiger partial charge in [-0.3, -0.25) is 18.7 Å². The molecule has 6 aromatic rings. The fraction of sp³-hybridized carbons (Fsp3) is 0.457. The molecular weight excluding hydrogens is 758 g/mol. The maximum atomic E-state index is 14.4. The van der Waals surface area contributed by atoms with E-state index in [9.17, 15) is 23.6 Å². The number of aromatic nitrogens is 9. The number of nitrogens with one attached hydrogen (secondary N) is 2. The number of aromatic amines is 1. The molecule has 8 heterocycles. The van der Waals surface area contributed by atoms with Crippen LogP contribution in [0.5, 0.6) is 0 Å². The molecule has 19 heteroatoms. The van der Waals surface area contributed by atoms with Crippen molar-refractivity contribution in [3.63, 3.8) is 0 Å². The van der Waals surface area contributed by atoms with E-state index in [4.69, 9.17) is 0 Å². The Kier molecular flexibility index (Phi) is 13.6. The van der Waals surface area contributed by atoms with Crippen LogP contribution in [-0.2, 0) is 13.1 Å². The zero-order valence-corrected chi connectivity index (χ0v) is 33.2. The van der Waals surface area contributed by atoms with Crippen LogP contribution >= 0.6 is 39.4 Å². The first kappa shape index (κ1) is 42.3. The SMILES string of the molecule is CC(C)Cn1c([C@@H]2CCCN2)nn2c(F)ccc2c1=O.CC(C)Cn1c([C@@H]2CCCN2c2ncnc3[nH]cc(C#N)c23)nn2c(F)ccc2c1=O.Cl.S.S. The third-order valence-electron chi connectivity index (χ3n) is 9.37. The van der Waals surface area contributed by atoms with E-state index in [2.05, 4.69) is 50.4 Å².